The average molecular weight is 177 g/mol. The van der Waals surface area contributed by atoms with E-state index in [9.17, 15) is 0 Å². The first-order chi connectivity index (χ1) is 6.33. The van der Waals surface area contributed by atoms with Crippen LogP contribution in [0.25, 0.3) is 0 Å². The van der Waals surface area contributed by atoms with Crippen molar-refractivity contribution in [3.63, 3.8) is 0 Å². The first-order valence-corrected chi connectivity index (χ1v) is 4.47. The van der Waals surface area contributed by atoms with Gasteiger partial charge in [0.2, 0.25) is 0 Å². The lowest BCUT2D eigenvalue weighted by Crippen LogP contribution is -2.03. The van der Waals surface area contributed by atoms with Crippen LogP contribution in [0.1, 0.15) is 18.9 Å². The zero-order chi connectivity index (χ0) is 9.52. The van der Waals surface area contributed by atoms with E-state index in [2.05, 4.69) is 21.6 Å². The van der Waals surface area contributed by atoms with Gasteiger partial charge in [0, 0.05) is 6.54 Å². The van der Waals surface area contributed by atoms with E-state index in [4.69, 9.17) is 0 Å². The number of rotatable bonds is 4. The van der Waals surface area contributed by atoms with Crippen LogP contribution < -0.4 is 5.32 Å². The fraction of sp³-hybridized carbons (Fsp3) is 0.400. The molecule has 1 aromatic heterocycles. The largest absolute Gasteiger partial charge is 0.368 e. The van der Waals surface area contributed by atoms with Crippen molar-refractivity contribution in [2.45, 2.75) is 20.3 Å². The van der Waals surface area contributed by atoms with Crippen LogP contribution in [0.3, 0.4) is 0 Å². The lowest BCUT2D eigenvalue weighted by atomic mass is 10.3. The van der Waals surface area contributed by atoms with Crippen LogP contribution in [0.4, 0.5) is 5.82 Å². The molecular formula is C10H15N3. The molecule has 1 heterocycles. The van der Waals surface area contributed by atoms with Gasteiger partial charge in [-0.3, -0.25) is 0 Å². The number of hydrogen-bond donors (Lipinski definition) is 1. The van der Waals surface area contributed by atoms with Crippen LogP contribution in [-0.4, -0.2) is 16.7 Å². The highest BCUT2D eigenvalue weighted by Crippen LogP contribution is 2.02. The molecule has 0 saturated carbocycles. The molecular weight excluding hydrogens is 162 g/mol. The second-order valence-electron chi connectivity index (χ2n) is 2.90. The maximum atomic E-state index is 3.95. The summed E-state index contributed by atoms with van der Waals surface area (Å²) in [4.78, 5) is 0. The third-order valence-electron chi connectivity index (χ3n) is 1.64. The number of nitrogens with zero attached hydrogens (tertiary/aromatic N) is 2. The van der Waals surface area contributed by atoms with Crippen LogP contribution in [0.15, 0.2) is 24.4 Å². The van der Waals surface area contributed by atoms with E-state index >= 15 is 0 Å². The topological polar surface area (TPSA) is 37.8 Å². The zero-order valence-corrected chi connectivity index (χ0v) is 8.12. The summed E-state index contributed by atoms with van der Waals surface area (Å²) in [5.41, 5.74) is 1.13. The molecule has 0 bridgehead atoms. The van der Waals surface area contributed by atoms with Gasteiger partial charge in [-0.05, 0) is 31.9 Å². The monoisotopic (exact) mass is 177 g/mol. The molecule has 3 heteroatoms. The number of nitrogens with one attached hydrogen (secondary N) is 1. The molecule has 0 amide bonds. The summed E-state index contributed by atoms with van der Waals surface area (Å²) in [5.74, 6) is 0.851. The Hall–Kier alpha value is -1.38. The smallest absolute Gasteiger partial charge is 0.148 e. The Kier molecular flexibility index (Phi) is 3.96. The van der Waals surface area contributed by atoms with Crippen molar-refractivity contribution in [3.8, 4) is 0 Å². The number of aryl methyl sites for hydroxylation is 1. The number of allylic oxidation sites excluding steroid dienone is 1. The Labute approximate surface area is 78.9 Å². The van der Waals surface area contributed by atoms with E-state index in [0.717, 1.165) is 24.3 Å². The Balaban J connectivity index is 2.36. The van der Waals surface area contributed by atoms with Gasteiger partial charge in [-0.15, -0.1) is 5.10 Å². The normalized spacial score (nSPS) is 10.6. The molecule has 70 valence electrons. The molecule has 1 aromatic rings. The van der Waals surface area contributed by atoms with Gasteiger partial charge in [-0.25, -0.2) is 0 Å². The van der Waals surface area contributed by atoms with Gasteiger partial charge in [0.05, 0.1) is 6.20 Å². The van der Waals surface area contributed by atoms with E-state index in [1.54, 1.807) is 6.20 Å². The van der Waals surface area contributed by atoms with Gasteiger partial charge in [-0.2, -0.15) is 5.10 Å². The molecule has 0 aliphatic carbocycles. The molecule has 0 unspecified atom stereocenters. The van der Waals surface area contributed by atoms with Gasteiger partial charge in [0.1, 0.15) is 5.82 Å². The molecule has 1 N–H and O–H groups in total. The third-order valence-corrected chi connectivity index (χ3v) is 1.64. The molecule has 13 heavy (non-hydrogen) atoms. The summed E-state index contributed by atoms with van der Waals surface area (Å²) in [7, 11) is 0. The molecule has 0 saturated heterocycles. The first kappa shape index (κ1) is 9.71. The molecule has 0 atom stereocenters. The van der Waals surface area contributed by atoms with Crippen molar-refractivity contribution in [1.29, 1.82) is 0 Å². The molecule has 0 aromatic carbocycles. The minimum absolute atomic E-state index is 0.851. The summed E-state index contributed by atoms with van der Waals surface area (Å²) in [6.45, 7) is 4.93. The quantitative estimate of drug-likeness (QED) is 0.565. The highest BCUT2D eigenvalue weighted by Gasteiger charge is 1.92. The summed E-state index contributed by atoms with van der Waals surface area (Å²) < 4.78 is 0. The van der Waals surface area contributed by atoms with Gasteiger partial charge >= 0.3 is 0 Å². The second kappa shape index (κ2) is 5.30. The molecule has 3 nitrogen and oxygen atoms in total. The molecule has 0 aliphatic heterocycles. The summed E-state index contributed by atoms with van der Waals surface area (Å²) >= 11 is 0. The van der Waals surface area contributed by atoms with Gasteiger partial charge < -0.3 is 5.32 Å². The maximum Gasteiger partial charge on any atom is 0.148 e. The SMILES string of the molecule is C/C=C/CCNc1cc(C)cnn1. The highest BCUT2D eigenvalue weighted by molar-refractivity contribution is 5.34. The molecule has 0 radical (unpaired) electrons. The zero-order valence-electron chi connectivity index (χ0n) is 8.12. The van der Waals surface area contributed by atoms with Gasteiger partial charge in [0.15, 0.2) is 0 Å². The second-order valence-corrected chi connectivity index (χ2v) is 2.90. The van der Waals surface area contributed by atoms with Crippen molar-refractivity contribution in [3.05, 3.63) is 30.0 Å². The van der Waals surface area contributed by atoms with E-state index in [1.807, 2.05) is 26.0 Å². The van der Waals surface area contributed by atoms with Crippen LogP contribution in [-0.2, 0) is 0 Å². The van der Waals surface area contributed by atoms with E-state index in [1.165, 1.54) is 0 Å². The fourth-order valence-corrected chi connectivity index (χ4v) is 1.00. The van der Waals surface area contributed by atoms with Crippen LogP contribution in [0.2, 0.25) is 0 Å². The van der Waals surface area contributed by atoms with E-state index in [0.29, 0.717) is 0 Å². The Morgan fingerprint density at radius 2 is 2.38 bits per heavy atom. The lowest BCUT2D eigenvalue weighted by molar-refractivity contribution is 0.975. The van der Waals surface area contributed by atoms with E-state index in [-0.39, 0.29) is 0 Å². The van der Waals surface area contributed by atoms with Crippen molar-refractivity contribution in [1.82, 2.24) is 10.2 Å². The van der Waals surface area contributed by atoms with Crippen molar-refractivity contribution in [2.24, 2.45) is 0 Å². The number of anilines is 1. The molecule has 1 rings (SSSR count). The van der Waals surface area contributed by atoms with Gasteiger partial charge in [0.25, 0.3) is 0 Å². The number of aromatic nitrogens is 2. The van der Waals surface area contributed by atoms with Crippen molar-refractivity contribution >= 4 is 5.82 Å². The molecule has 0 aliphatic rings. The predicted octanol–water partition coefficient (Wildman–Crippen LogP) is 2.16. The van der Waals surface area contributed by atoms with Crippen molar-refractivity contribution < 1.29 is 0 Å². The summed E-state index contributed by atoms with van der Waals surface area (Å²) in [6.07, 6.45) is 6.93. The molecule has 0 fully saturated rings. The Morgan fingerprint density at radius 3 is 3.08 bits per heavy atom. The standard InChI is InChI=1S/C10H15N3/c1-3-4-5-6-11-10-7-9(2)8-12-13-10/h3-4,7-8H,5-6H2,1-2H3,(H,11,13)/b4-3+. The Morgan fingerprint density at radius 1 is 1.54 bits per heavy atom. The third kappa shape index (κ3) is 3.69. The van der Waals surface area contributed by atoms with Crippen LogP contribution in [0.5, 0.6) is 0 Å². The molecule has 0 spiro atoms. The van der Waals surface area contributed by atoms with Crippen molar-refractivity contribution in [2.75, 3.05) is 11.9 Å². The first-order valence-electron chi connectivity index (χ1n) is 4.47. The predicted molar refractivity (Wildman–Crippen MR) is 54.7 cm³/mol. The highest BCUT2D eigenvalue weighted by atomic mass is 15.2. The lowest BCUT2D eigenvalue weighted by Gasteiger charge is -2.02. The van der Waals surface area contributed by atoms with Gasteiger partial charge in [-0.1, -0.05) is 12.2 Å². The number of hydrogen-bond acceptors (Lipinski definition) is 3. The van der Waals surface area contributed by atoms with E-state index < -0.39 is 0 Å². The Bertz CT molecular complexity index is 281. The minimum atomic E-state index is 0.851. The van der Waals surface area contributed by atoms with Crippen LogP contribution >= 0.6 is 0 Å². The van der Waals surface area contributed by atoms with Crippen LogP contribution in [0, 0.1) is 6.92 Å². The summed E-state index contributed by atoms with van der Waals surface area (Å²) in [6, 6.07) is 1.99. The fourth-order valence-electron chi connectivity index (χ4n) is 1.00. The summed E-state index contributed by atoms with van der Waals surface area (Å²) in [5, 5.41) is 11.0. The minimum Gasteiger partial charge on any atom is -0.368 e. The maximum absolute atomic E-state index is 3.95. The average Bonchev–Trinajstić information content (AvgIpc) is 2.13.